The Kier molecular flexibility index (Phi) is 4.37. The van der Waals surface area contributed by atoms with Gasteiger partial charge in [0.2, 0.25) is 0 Å². The molecular formula is C15H19NOS. The Balaban J connectivity index is 2.27. The van der Waals surface area contributed by atoms with Crippen LogP contribution < -0.4 is 5.32 Å². The fourth-order valence-corrected chi connectivity index (χ4v) is 2.51. The number of nitrogens with one attached hydrogen (secondary N) is 1. The summed E-state index contributed by atoms with van der Waals surface area (Å²) in [5.41, 5.74) is 2.44. The molecule has 0 radical (unpaired) electrons. The van der Waals surface area contributed by atoms with Crippen molar-refractivity contribution in [1.82, 2.24) is 5.32 Å². The number of benzene rings is 1. The van der Waals surface area contributed by atoms with E-state index in [1.165, 1.54) is 10.5 Å². The van der Waals surface area contributed by atoms with Crippen LogP contribution in [-0.4, -0.2) is 12.9 Å². The van der Waals surface area contributed by atoms with E-state index in [0.29, 0.717) is 12.5 Å². The van der Waals surface area contributed by atoms with Crippen LogP contribution in [0, 0.1) is 0 Å². The molecule has 2 rings (SSSR count). The van der Waals surface area contributed by atoms with Crippen LogP contribution in [0.5, 0.6) is 0 Å². The van der Waals surface area contributed by atoms with Crippen LogP contribution in [0.2, 0.25) is 0 Å². The predicted molar refractivity (Wildman–Crippen MR) is 77.6 cm³/mol. The first-order chi connectivity index (χ1) is 8.72. The van der Waals surface area contributed by atoms with Crippen molar-refractivity contribution < 1.29 is 4.74 Å². The Bertz CT molecular complexity index is 479. The molecule has 96 valence electrons. The minimum Gasteiger partial charge on any atom is -0.479 e. The van der Waals surface area contributed by atoms with E-state index in [2.05, 4.69) is 54.9 Å². The van der Waals surface area contributed by atoms with Crippen LogP contribution in [0.3, 0.4) is 0 Å². The number of thioether (sulfide) groups is 1. The topological polar surface area (TPSA) is 21.3 Å². The second-order valence-electron chi connectivity index (χ2n) is 4.24. The van der Waals surface area contributed by atoms with Crippen molar-refractivity contribution in [3.8, 4) is 0 Å². The predicted octanol–water partition coefficient (Wildman–Crippen LogP) is 3.88. The van der Waals surface area contributed by atoms with Gasteiger partial charge in [-0.05, 0) is 43.9 Å². The van der Waals surface area contributed by atoms with E-state index in [4.69, 9.17) is 4.74 Å². The van der Waals surface area contributed by atoms with Gasteiger partial charge in [0, 0.05) is 16.5 Å². The molecule has 0 fully saturated rings. The highest BCUT2D eigenvalue weighted by atomic mass is 32.2. The Hall–Kier alpha value is -1.35. The summed E-state index contributed by atoms with van der Waals surface area (Å²) in [6, 6.07) is 8.66. The van der Waals surface area contributed by atoms with E-state index in [0.717, 1.165) is 11.6 Å². The summed E-state index contributed by atoms with van der Waals surface area (Å²) in [5.74, 6) is 1.15. The second kappa shape index (κ2) is 6.01. The van der Waals surface area contributed by atoms with Gasteiger partial charge in [0.25, 0.3) is 0 Å². The zero-order valence-corrected chi connectivity index (χ0v) is 11.9. The molecule has 2 nitrogen and oxygen atoms in total. The van der Waals surface area contributed by atoms with E-state index in [9.17, 15) is 0 Å². The molecule has 0 saturated carbocycles. The van der Waals surface area contributed by atoms with Crippen molar-refractivity contribution in [2.75, 3.05) is 12.9 Å². The van der Waals surface area contributed by atoms with E-state index >= 15 is 0 Å². The lowest BCUT2D eigenvalue weighted by molar-refractivity contribution is 0.208. The molecule has 1 heterocycles. The first-order valence-electron chi connectivity index (χ1n) is 6.17. The highest BCUT2D eigenvalue weighted by Crippen LogP contribution is 2.27. The maximum absolute atomic E-state index is 5.57. The zero-order valence-electron chi connectivity index (χ0n) is 11.1. The summed E-state index contributed by atoms with van der Waals surface area (Å²) < 4.78 is 5.57. The Morgan fingerprint density at radius 1 is 1.33 bits per heavy atom. The summed E-state index contributed by atoms with van der Waals surface area (Å²) in [4.78, 5) is 1.29. The van der Waals surface area contributed by atoms with E-state index < -0.39 is 0 Å². The third-order valence-electron chi connectivity index (χ3n) is 2.86. The maximum Gasteiger partial charge on any atom is 0.187 e. The molecule has 3 heteroatoms. The summed E-state index contributed by atoms with van der Waals surface area (Å²) in [6.45, 7) is 4.75. The van der Waals surface area contributed by atoms with Gasteiger partial charge in [-0.1, -0.05) is 18.2 Å². The smallest absolute Gasteiger partial charge is 0.187 e. The van der Waals surface area contributed by atoms with Gasteiger partial charge < -0.3 is 10.1 Å². The number of hydrogen-bond donors (Lipinski definition) is 1. The summed E-state index contributed by atoms with van der Waals surface area (Å²) in [6.07, 6.45) is 6.46. The average Bonchev–Trinajstić information content (AvgIpc) is 2.38. The van der Waals surface area contributed by atoms with Crippen molar-refractivity contribution in [3.05, 3.63) is 53.6 Å². The van der Waals surface area contributed by atoms with Crippen LogP contribution in [0.15, 0.2) is 52.9 Å². The quantitative estimate of drug-likeness (QED) is 0.831. The maximum atomic E-state index is 5.57. The van der Waals surface area contributed by atoms with Crippen molar-refractivity contribution in [2.45, 2.75) is 24.7 Å². The first kappa shape index (κ1) is 13.1. The second-order valence-corrected chi connectivity index (χ2v) is 5.12. The Morgan fingerprint density at radius 3 is 2.89 bits per heavy atom. The lowest BCUT2D eigenvalue weighted by Crippen LogP contribution is -2.19. The molecule has 1 aromatic rings. The molecule has 0 saturated heterocycles. The highest BCUT2D eigenvalue weighted by molar-refractivity contribution is 7.98. The van der Waals surface area contributed by atoms with Crippen LogP contribution in [-0.2, 0) is 4.74 Å². The van der Waals surface area contributed by atoms with Gasteiger partial charge >= 0.3 is 0 Å². The highest BCUT2D eigenvalue weighted by Gasteiger charge is 2.14. The molecule has 1 unspecified atom stereocenters. The van der Waals surface area contributed by atoms with Crippen LogP contribution >= 0.6 is 11.8 Å². The molecule has 0 aliphatic carbocycles. The standard InChI is InChI=1S/C15H19NOS/c1-4-17-15-10-13(8-11(2)16-15)12-6-5-7-14(9-12)18-3/h5-10,13,16H,4H2,1-3H3. The van der Waals surface area contributed by atoms with Crippen molar-refractivity contribution in [1.29, 1.82) is 0 Å². The SMILES string of the molecule is CCOC1=CC(c2cccc(SC)c2)C=C(C)N1. The Labute approximate surface area is 113 Å². The fourth-order valence-electron chi connectivity index (χ4n) is 2.04. The first-order valence-corrected chi connectivity index (χ1v) is 7.39. The number of dihydropyridines is 1. The lowest BCUT2D eigenvalue weighted by Gasteiger charge is -2.21. The molecule has 0 aromatic heterocycles. The van der Waals surface area contributed by atoms with E-state index in [1.54, 1.807) is 11.8 Å². The van der Waals surface area contributed by atoms with Crippen molar-refractivity contribution >= 4 is 11.8 Å². The molecule has 18 heavy (non-hydrogen) atoms. The molecule has 1 N–H and O–H groups in total. The van der Waals surface area contributed by atoms with Crippen molar-refractivity contribution in [2.24, 2.45) is 0 Å². The third-order valence-corrected chi connectivity index (χ3v) is 3.58. The monoisotopic (exact) mass is 261 g/mol. The minimum absolute atomic E-state index is 0.292. The number of allylic oxidation sites excluding steroid dienone is 3. The third kappa shape index (κ3) is 3.10. The van der Waals surface area contributed by atoms with Gasteiger partial charge in [-0.25, -0.2) is 0 Å². The molecular weight excluding hydrogens is 242 g/mol. The Morgan fingerprint density at radius 2 is 2.17 bits per heavy atom. The number of rotatable bonds is 4. The summed E-state index contributed by atoms with van der Waals surface area (Å²) in [7, 11) is 0. The van der Waals surface area contributed by atoms with Crippen molar-refractivity contribution in [3.63, 3.8) is 0 Å². The van der Waals surface area contributed by atoms with Crippen LogP contribution in [0.4, 0.5) is 0 Å². The summed E-state index contributed by atoms with van der Waals surface area (Å²) in [5, 5.41) is 3.24. The molecule has 1 aliphatic heterocycles. The zero-order chi connectivity index (χ0) is 13.0. The minimum atomic E-state index is 0.292. The van der Waals surface area contributed by atoms with Gasteiger partial charge in [-0.15, -0.1) is 11.8 Å². The molecule has 0 bridgehead atoms. The van der Waals surface area contributed by atoms with Gasteiger partial charge in [0.15, 0.2) is 5.88 Å². The van der Waals surface area contributed by atoms with Gasteiger partial charge in [-0.3, -0.25) is 0 Å². The molecule has 1 aliphatic rings. The molecule has 0 amide bonds. The van der Waals surface area contributed by atoms with E-state index in [1.807, 2.05) is 6.92 Å². The van der Waals surface area contributed by atoms with Gasteiger partial charge in [0.1, 0.15) is 0 Å². The molecule has 1 aromatic carbocycles. The fraction of sp³-hybridized carbons (Fsp3) is 0.333. The number of hydrogen-bond acceptors (Lipinski definition) is 3. The van der Waals surface area contributed by atoms with Crippen LogP contribution in [0.1, 0.15) is 25.3 Å². The largest absolute Gasteiger partial charge is 0.479 e. The van der Waals surface area contributed by atoms with E-state index in [-0.39, 0.29) is 0 Å². The van der Waals surface area contributed by atoms with Crippen LogP contribution in [0.25, 0.3) is 0 Å². The van der Waals surface area contributed by atoms with Gasteiger partial charge in [0.05, 0.1) is 6.61 Å². The van der Waals surface area contributed by atoms with Gasteiger partial charge in [-0.2, -0.15) is 0 Å². The number of ether oxygens (including phenoxy) is 1. The molecule has 0 spiro atoms. The molecule has 1 atom stereocenters. The summed E-state index contributed by atoms with van der Waals surface area (Å²) >= 11 is 1.77. The normalized spacial score (nSPS) is 18.7. The lowest BCUT2D eigenvalue weighted by atomic mass is 9.96. The average molecular weight is 261 g/mol.